The fraction of sp³-hybridized carbons (Fsp3) is 0.765. The van der Waals surface area contributed by atoms with E-state index in [0.717, 1.165) is 50.5 Å². The SMILES string of the molecule is CC1(C)CC[C@]2(CC(=O)NCC(F)F)CC[C@]3(C)C(C(=O)C=C4[C@@]5(C)C=C(C#N)C(=O)C(C)(C)[C@@H]5CC[C@]43C)C2C1. The first-order valence-corrected chi connectivity index (χ1v) is 15.4. The molecule has 0 saturated heterocycles. The number of hydrogen-bond donors (Lipinski definition) is 1. The van der Waals surface area contributed by atoms with Crippen LogP contribution in [0.3, 0.4) is 0 Å². The molecule has 0 aromatic heterocycles. The summed E-state index contributed by atoms with van der Waals surface area (Å²) in [5.74, 6) is -0.685. The molecule has 3 saturated carbocycles. The summed E-state index contributed by atoms with van der Waals surface area (Å²) in [7, 11) is 0. The highest BCUT2D eigenvalue weighted by molar-refractivity contribution is 6.04. The van der Waals surface area contributed by atoms with E-state index < -0.39 is 29.2 Å². The van der Waals surface area contributed by atoms with Crippen LogP contribution in [0.2, 0.25) is 0 Å². The molecule has 1 amide bonds. The smallest absolute Gasteiger partial charge is 0.255 e. The number of Topliss-reactive ketones (excluding diaryl/α,β-unsaturated/α-hetero) is 1. The van der Waals surface area contributed by atoms with Gasteiger partial charge in [-0.05, 0) is 84.5 Å². The molecule has 0 aromatic rings. The Morgan fingerprint density at radius 3 is 2.34 bits per heavy atom. The Morgan fingerprint density at radius 1 is 1.05 bits per heavy atom. The van der Waals surface area contributed by atoms with E-state index in [0.29, 0.717) is 0 Å². The monoisotopic (exact) mass is 568 g/mol. The molecule has 0 aromatic carbocycles. The first-order valence-electron chi connectivity index (χ1n) is 15.4. The van der Waals surface area contributed by atoms with Gasteiger partial charge in [0.25, 0.3) is 6.43 Å². The lowest BCUT2D eigenvalue weighted by molar-refractivity contribution is -0.174. The maximum absolute atomic E-state index is 14.5. The summed E-state index contributed by atoms with van der Waals surface area (Å²) in [4.78, 5) is 40.7. The molecule has 0 bridgehead atoms. The number of carbonyl (C=O) groups is 3. The maximum atomic E-state index is 14.5. The molecule has 3 fully saturated rings. The van der Waals surface area contributed by atoms with E-state index in [-0.39, 0.29) is 63.5 Å². The van der Waals surface area contributed by atoms with Crippen LogP contribution < -0.4 is 5.32 Å². The second kappa shape index (κ2) is 9.32. The predicted molar refractivity (Wildman–Crippen MR) is 153 cm³/mol. The summed E-state index contributed by atoms with van der Waals surface area (Å²) < 4.78 is 25.8. The minimum atomic E-state index is -2.59. The zero-order chi connectivity index (χ0) is 30.4. The molecule has 7 atom stereocenters. The van der Waals surface area contributed by atoms with Gasteiger partial charge in [0.1, 0.15) is 6.07 Å². The van der Waals surface area contributed by atoms with E-state index >= 15 is 0 Å². The number of allylic oxidation sites excluding steroid dienone is 4. The van der Waals surface area contributed by atoms with Gasteiger partial charge in [0.15, 0.2) is 11.6 Å². The van der Waals surface area contributed by atoms with Crippen molar-refractivity contribution in [3.8, 4) is 6.07 Å². The van der Waals surface area contributed by atoms with Crippen molar-refractivity contribution in [3.63, 3.8) is 0 Å². The number of halogens is 2. The Morgan fingerprint density at radius 2 is 1.71 bits per heavy atom. The number of alkyl halides is 2. The molecule has 5 aliphatic carbocycles. The van der Waals surface area contributed by atoms with Gasteiger partial charge in [-0.25, -0.2) is 8.78 Å². The van der Waals surface area contributed by atoms with Gasteiger partial charge in [-0.1, -0.05) is 60.1 Å². The third-order valence-corrected chi connectivity index (χ3v) is 13.0. The van der Waals surface area contributed by atoms with Crippen LogP contribution in [0, 0.1) is 61.6 Å². The number of carbonyl (C=O) groups excluding carboxylic acids is 3. The van der Waals surface area contributed by atoms with Crippen LogP contribution in [0.1, 0.15) is 99.8 Å². The van der Waals surface area contributed by atoms with Crippen molar-refractivity contribution in [2.45, 2.75) is 106 Å². The molecule has 0 aliphatic heterocycles. The normalized spacial score (nSPS) is 42.5. The number of fused-ring (bicyclic) bond motifs is 7. The Balaban J connectivity index is 1.61. The van der Waals surface area contributed by atoms with Crippen LogP contribution in [-0.4, -0.2) is 30.4 Å². The number of amides is 1. The highest BCUT2D eigenvalue weighted by atomic mass is 19.3. The first-order chi connectivity index (χ1) is 18.9. The summed E-state index contributed by atoms with van der Waals surface area (Å²) in [5, 5.41) is 12.3. The quantitative estimate of drug-likeness (QED) is 0.397. The summed E-state index contributed by atoms with van der Waals surface area (Å²) >= 11 is 0. The molecule has 0 radical (unpaired) electrons. The van der Waals surface area contributed by atoms with Crippen molar-refractivity contribution in [1.82, 2.24) is 5.32 Å². The lowest BCUT2D eigenvalue weighted by Crippen LogP contribution is -2.65. The summed E-state index contributed by atoms with van der Waals surface area (Å²) in [6, 6.07) is 2.15. The highest BCUT2D eigenvalue weighted by Gasteiger charge is 2.69. The van der Waals surface area contributed by atoms with Crippen LogP contribution in [0.4, 0.5) is 8.78 Å². The van der Waals surface area contributed by atoms with Gasteiger partial charge in [0.05, 0.1) is 12.1 Å². The topological polar surface area (TPSA) is 87.0 Å². The van der Waals surface area contributed by atoms with Gasteiger partial charge >= 0.3 is 0 Å². The molecule has 1 N–H and O–H groups in total. The molecular formula is C34H46F2N2O3. The van der Waals surface area contributed by atoms with E-state index in [9.17, 15) is 28.4 Å². The van der Waals surface area contributed by atoms with Crippen molar-refractivity contribution in [2.24, 2.45) is 50.2 Å². The van der Waals surface area contributed by atoms with Gasteiger partial charge in [-0.2, -0.15) is 5.26 Å². The minimum Gasteiger partial charge on any atom is -0.350 e. The fourth-order valence-corrected chi connectivity index (χ4v) is 10.6. The molecule has 41 heavy (non-hydrogen) atoms. The van der Waals surface area contributed by atoms with E-state index in [4.69, 9.17) is 0 Å². The van der Waals surface area contributed by atoms with E-state index in [1.807, 2.05) is 26.0 Å². The van der Waals surface area contributed by atoms with Crippen LogP contribution in [-0.2, 0) is 14.4 Å². The lowest BCUT2D eigenvalue weighted by Gasteiger charge is -2.69. The van der Waals surface area contributed by atoms with Crippen LogP contribution in [0.5, 0.6) is 0 Å². The lowest BCUT2D eigenvalue weighted by atomic mass is 9.34. The van der Waals surface area contributed by atoms with Crippen molar-refractivity contribution in [3.05, 3.63) is 23.3 Å². The zero-order valence-electron chi connectivity index (χ0n) is 25.8. The first kappa shape index (κ1) is 30.1. The minimum absolute atomic E-state index is 0.0123. The van der Waals surface area contributed by atoms with E-state index in [2.05, 4.69) is 46.0 Å². The average Bonchev–Trinajstić information content (AvgIpc) is 2.87. The molecule has 0 heterocycles. The third kappa shape index (κ3) is 4.20. The van der Waals surface area contributed by atoms with Crippen molar-refractivity contribution in [1.29, 1.82) is 5.26 Å². The Hall–Kier alpha value is -2.36. The molecule has 2 unspecified atom stereocenters. The Kier molecular flexibility index (Phi) is 6.84. The number of nitrogens with one attached hydrogen (secondary N) is 1. The number of ketones is 2. The average molecular weight is 569 g/mol. The van der Waals surface area contributed by atoms with E-state index in [1.54, 1.807) is 0 Å². The number of rotatable bonds is 4. The Bertz CT molecular complexity index is 1290. The van der Waals surface area contributed by atoms with E-state index in [1.165, 1.54) is 0 Å². The van der Waals surface area contributed by atoms with Crippen LogP contribution in [0.25, 0.3) is 0 Å². The highest BCUT2D eigenvalue weighted by Crippen LogP contribution is 2.74. The predicted octanol–water partition coefficient (Wildman–Crippen LogP) is 6.98. The standard InChI is InChI=1S/C34H46F2N2O3/c1-29(2)10-12-34(17-26(40)38-19-25(35)36)13-11-33(7)27(21(34)16-29)22(39)14-24-31(5)15-20(18-37)28(41)30(3,4)23(31)8-9-32(24,33)6/h14-15,21,23,25,27H,8-13,16-17,19H2,1-7H3,(H,38,40)/t21?,23-,27?,31-,32+,33+,34+/m0/s1. The van der Waals surface area contributed by atoms with Crippen molar-refractivity contribution >= 4 is 17.5 Å². The second-order valence-corrected chi connectivity index (χ2v) is 16.0. The molecular weight excluding hydrogens is 522 g/mol. The fourth-order valence-electron chi connectivity index (χ4n) is 10.6. The van der Waals surface area contributed by atoms with Crippen molar-refractivity contribution in [2.75, 3.05) is 6.54 Å². The van der Waals surface area contributed by atoms with Gasteiger partial charge in [0.2, 0.25) is 5.91 Å². The summed E-state index contributed by atoms with van der Waals surface area (Å²) in [6.07, 6.45) is 7.10. The van der Waals surface area contributed by atoms with Crippen LogP contribution in [0.15, 0.2) is 23.3 Å². The molecule has 5 nitrogen and oxygen atoms in total. The van der Waals surface area contributed by atoms with Crippen molar-refractivity contribution < 1.29 is 23.2 Å². The van der Waals surface area contributed by atoms with Gasteiger partial charge < -0.3 is 5.32 Å². The zero-order valence-corrected chi connectivity index (χ0v) is 25.8. The molecule has 5 aliphatic rings. The van der Waals surface area contributed by atoms with Gasteiger partial charge in [-0.3, -0.25) is 14.4 Å². The van der Waals surface area contributed by atoms with Crippen LogP contribution >= 0.6 is 0 Å². The second-order valence-electron chi connectivity index (χ2n) is 16.0. The van der Waals surface area contributed by atoms with Gasteiger partial charge in [-0.15, -0.1) is 0 Å². The largest absolute Gasteiger partial charge is 0.350 e. The molecule has 224 valence electrons. The molecule has 0 spiro atoms. The van der Waals surface area contributed by atoms with Gasteiger partial charge in [0, 0.05) is 23.2 Å². The number of hydrogen-bond acceptors (Lipinski definition) is 4. The molecule has 5 rings (SSSR count). The number of nitriles is 1. The molecule has 7 heteroatoms. The Labute approximate surface area is 243 Å². The number of nitrogens with zero attached hydrogens (tertiary/aromatic N) is 1. The summed E-state index contributed by atoms with van der Waals surface area (Å²) in [6.45, 7) is 14.4. The third-order valence-electron chi connectivity index (χ3n) is 13.0. The maximum Gasteiger partial charge on any atom is 0.255 e. The summed E-state index contributed by atoms with van der Waals surface area (Å²) in [5.41, 5.74) is -1.13.